The number of likely N-dealkylation sites (tertiary alicyclic amines) is 1. The van der Waals surface area contributed by atoms with Gasteiger partial charge < -0.3 is 15.7 Å². The summed E-state index contributed by atoms with van der Waals surface area (Å²) in [5.74, 6) is 1.38. The molecule has 0 aromatic heterocycles. The zero-order valence-corrected chi connectivity index (χ0v) is 10.5. The highest BCUT2D eigenvalue weighted by atomic mass is 16.3. The fourth-order valence-corrected chi connectivity index (χ4v) is 2.86. The lowest BCUT2D eigenvalue weighted by Gasteiger charge is -2.34. The van der Waals surface area contributed by atoms with E-state index in [-0.39, 0.29) is 0 Å². The first-order valence-corrected chi connectivity index (χ1v) is 6.38. The van der Waals surface area contributed by atoms with Gasteiger partial charge in [0.05, 0.1) is 0 Å². The Morgan fingerprint density at radius 3 is 2.71 bits per heavy atom. The van der Waals surface area contributed by atoms with E-state index >= 15 is 0 Å². The fourth-order valence-electron chi connectivity index (χ4n) is 2.86. The van der Waals surface area contributed by atoms with Gasteiger partial charge >= 0.3 is 0 Å². The van der Waals surface area contributed by atoms with Gasteiger partial charge in [0.25, 0.3) is 0 Å². The molecule has 0 bridgehead atoms. The third kappa shape index (κ3) is 2.99. The first-order valence-electron chi connectivity index (χ1n) is 6.38. The molecule has 1 fully saturated rings. The van der Waals surface area contributed by atoms with Crippen molar-refractivity contribution in [1.82, 2.24) is 4.90 Å². The molecular formula is C14H22N2O. The molecule has 0 aliphatic carbocycles. The van der Waals surface area contributed by atoms with Gasteiger partial charge in [-0.25, -0.2) is 0 Å². The summed E-state index contributed by atoms with van der Waals surface area (Å²) < 4.78 is 0. The minimum absolute atomic E-state index is 0.324. The molecule has 2 atom stereocenters. The molecule has 2 unspecified atom stereocenters. The van der Waals surface area contributed by atoms with Crippen LogP contribution in [0, 0.1) is 5.92 Å². The average Bonchev–Trinajstić information content (AvgIpc) is 2.33. The number of hydrogen-bond acceptors (Lipinski definition) is 3. The van der Waals surface area contributed by atoms with Crippen molar-refractivity contribution >= 4 is 0 Å². The number of hydrogen-bond donors (Lipinski definition) is 2. The van der Waals surface area contributed by atoms with Gasteiger partial charge in [-0.05, 0) is 56.6 Å². The van der Waals surface area contributed by atoms with Crippen molar-refractivity contribution < 1.29 is 5.11 Å². The Balaban J connectivity index is 2.12. The highest BCUT2D eigenvalue weighted by molar-refractivity contribution is 5.29. The number of rotatable bonds is 3. The van der Waals surface area contributed by atoms with Gasteiger partial charge in [0.1, 0.15) is 5.75 Å². The van der Waals surface area contributed by atoms with Crippen LogP contribution in [0.25, 0.3) is 0 Å². The number of benzene rings is 1. The molecule has 3 heteroatoms. The molecule has 0 amide bonds. The van der Waals surface area contributed by atoms with E-state index in [1.54, 1.807) is 12.1 Å². The maximum Gasteiger partial charge on any atom is 0.115 e. The molecule has 0 radical (unpaired) electrons. The Kier molecular flexibility index (Phi) is 4.02. The van der Waals surface area contributed by atoms with Crippen molar-refractivity contribution in [1.29, 1.82) is 0 Å². The van der Waals surface area contributed by atoms with E-state index < -0.39 is 0 Å². The summed E-state index contributed by atoms with van der Waals surface area (Å²) in [7, 11) is 2.18. The van der Waals surface area contributed by atoms with Crippen LogP contribution in [0.3, 0.4) is 0 Å². The zero-order valence-electron chi connectivity index (χ0n) is 10.5. The quantitative estimate of drug-likeness (QED) is 0.838. The Labute approximate surface area is 103 Å². The van der Waals surface area contributed by atoms with Crippen LogP contribution in [0.4, 0.5) is 0 Å². The summed E-state index contributed by atoms with van der Waals surface area (Å²) in [6, 6.07) is 7.51. The molecule has 2 rings (SSSR count). The van der Waals surface area contributed by atoms with Crippen LogP contribution in [0.15, 0.2) is 24.3 Å². The SMILES string of the molecule is CN1CCCC(C(CN)c2ccc(O)cc2)C1. The van der Waals surface area contributed by atoms with Crippen LogP contribution in [0.1, 0.15) is 24.3 Å². The van der Waals surface area contributed by atoms with Crippen molar-refractivity contribution in [2.45, 2.75) is 18.8 Å². The van der Waals surface area contributed by atoms with Crippen LogP contribution in [-0.2, 0) is 0 Å². The lowest BCUT2D eigenvalue weighted by Crippen LogP contribution is -2.37. The maximum absolute atomic E-state index is 9.32. The predicted octanol–water partition coefficient (Wildman–Crippen LogP) is 1.78. The van der Waals surface area contributed by atoms with E-state index in [1.165, 1.54) is 24.9 Å². The lowest BCUT2D eigenvalue weighted by molar-refractivity contribution is 0.188. The van der Waals surface area contributed by atoms with Crippen molar-refractivity contribution in [3.8, 4) is 5.75 Å². The molecule has 17 heavy (non-hydrogen) atoms. The van der Waals surface area contributed by atoms with Crippen LogP contribution in [0.2, 0.25) is 0 Å². The standard InChI is InChI=1S/C14H22N2O/c1-16-8-2-3-12(10-16)14(9-15)11-4-6-13(17)7-5-11/h4-7,12,14,17H,2-3,8-10,15H2,1H3. The topological polar surface area (TPSA) is 49.5 Å². The van der Waals surface area contributed by atoms with Gasteiger partial charge in [-0.2, -0.15) is 0 Å². The Bertz CT molecular complexity index is 350. The van der Waals surface area contributed by atoms with E-state index in [4.69, 9.17) is 5.73 Å². The highest BCUT2D eigenvalue weighted by Gasteiger charge is 2.25. The van der Waals surface area contributed by atoms with E-state index in [0.717, 1.165) is 6.54 Å². The molecule has 1 saturated heterocycles. The van der Waals surface area contributed by atoms with Crippen molar-refractivity contribution in [2.75, 3.05) is 26.7 Å². The first-order chi connectivity index (χ1) is 8.20. The highest BCUT2D eigenvalue weighted by Crippen LogP contribution is 2.31. The molecule has 1 aromatic carbocycles. The second-order valence-electron chi connectivity index (χ2n) is 5.10. The summed E-state index contributed by atoms with van der Waals surface area (Å²) in [6.45, 7) is 3.01. The predicted molar refractivity (Wildman–Crippen MR) is 70.1 cm³/mol. The minimum atomic E-state index is 0.324. The smallest absolute Gasteiger partial charge is 0.115 e. The second kappa shape index (κ2) is 5.52. The van der Waals surface area contributed by atoms with Gasteiger partial charge in [0.2, 0.25) is 0 Å². The zero-order chi connectivity index (χ0) is 12.3. The van der Waals surface area contributed by atoms with Crippen molar-refractivity contribution in [3.63, 3.8) is 0 Å². The summed E-state index contributed by atoms with van der Waals surface area (Å²) in [6.07, 6.45) is 2.52. The number of phenolic OH excluding ortho intramolecular Hbond substituents is 1. The average molecular weight is 234 g/mol. The van der Waals surface area contributed by atoms with E-state index in [9.17, 15) is 5.11 Å². The molecule has 1 aromatic rings. The van der Waals surface area contributed by atoms with Gasteiger partial charge in [-0.1, -0.05) is 12.1 Å². The summed E-state index contributed by atoms with van der Waals surface area (Å²) in [4.78, 5) is 2.39. The molecule has 1 aliphatic heterocycles. The van der Waals surface area contributed by atoms with Gasteiger partial charge in [0.15, 0.2) is 0 Å². The van der Waals surface area contributed by atoms with Crippen molar-refractivity contribution in [3.05, 3.63) is 29.8 Å². The van der Waals surface area contributed by atoms with Crippen LogP contribution < -0.4 is 5.73 Å². The van der Waals surface area contributed by atoms with Crippen LogP contribution in [-0.4, -0.2) is 36.7 Å². The molecule has 0 spiro atoms. The third-order valence-corrected chi connectivity index (χ3v) is 3.81. The van der Waals surface area contributed by atoms with Crippen molar-refractivity contribution in [2.24, 2.45) is 11.7 Å². The number of nitrogens with zero attached hydrogens (tertiary/aromatic N) is 1. The lowest BCUT2D eigenvalue weighted by atomic mass is 9.81. The molecular weight excluding hydrogens is 212 g/mol. The normalized spacial score (nSPS) is 23.5. The number of aromatic hydroxyl groups is 1. The Morgan fingerprint density at radius 2 is 2.12 bits per heavy atom. The molecule has 3 N–H and O–H groups in total. The third-order valence-electron chi connectivity index (χ3n) is 3.81. The van der Waals surface area contributed by atoms with Crippen LogP contribution >= 0.6 is 0 Å². The first kappa shape index (κ1) is 12.4. The largest absolute Gasteiger partial charge is 0.508 e. The second-order valence-corrected chi connectivity index (χ2v) is 5.10. The monoisotopic (exact) mass is 234 g/mol. The molecule has 94 valence electrons. The van der Waals surface area contributed by atoms with Crippen LogP contribution in [0.5, 0.6) is 5.75 Å². The number of piperidine rings is 1. The number of phenols is 1. The molecule has 1 aliphatic rings. The summed E-state index contributed by atoms with van der Waals surface area (Å²) >= 11 is 0. The fraction of sp³-hybridized carbons (Fsp3) is 0.571. The minimum Gasteiger partial charge on any atom is -0.508 e. The molecule has 3 nitrogen and oxygen atoms in total. The maximum atomic E-state index is 9.32. The summed E-state index contributed by atoms with van der Waals surface area (Å²) in [5, 5.41) is 9.32. The molecule has 1 heterocycles. The Hall–Kier alpha value is -1.06. The summed E-state index contributed by atoms with van der Waals surface area (Å²) in [5.41, 5.74) is 7.19. The van der Waals surface area contributed by atoms with Gasteiger partial charge in [-0.15, -0.1) is 0 Å². The van der Waals surface area contributed by atoms with E-state index in [1.807, 2.05) is 12.1 Å². The Morgan fingerprint density at radius 1 is 1.41 bits per heavy atom. The van der Waals surface area contributed by atoms with Gasteiger partial charge in [0, 0.05) is 12.5 Å². The van der Waals surface area contributed by atoms with E-state index in [2.05, 4.69) is 11.9 Å². The molecule has 0 saturated carbocycles. The number of nitrogens with two attached hydrogens (primary N) is 1. The van der Waals surface area contributed by atoms with Gasteiger partial charge in [-0.3, -0.25) is 0 Å². The van der Waals surface area contributed by atoms with E-state index in [0.29, 0.717) is 24.1 Å².